The molecule has 0 saturated carbocycles. The number of likely N-dealkylation sites (N-methyl/N-ethyl adjacent to an activating group) is 1. The summed E-state index contributed by atoms with van der Waals surface area (Å²) >= 11 is 7.16. The molecule has 1 aromatic heterocycles. The summed E-state index contributed by atoms with van der Waals surface area (Å²) in [7, 11) is 4.17. The highest BCUT2D eigenvalue weighted by molar-refractivity contribution is 7.80. The second-order valence-electron chi connectivity index (χ2n) is 5.14. The lowest BCUT2D eigenvalue weighted by atomic mass is 10.2. The molecule has 0 saturated heterocycles. The van der Waals surface area contributed by atoms with Crippen LogP contribution in [0.3, 0.4) is 0 Å². The summed E-state index contributed by atoms with van der Waals surface area (Å²) in [5.41, 5.74) is 2.23. The summed E-state index contributed by atoms with van der Waals surface area (Å²) in [4.78, 5) is 3.54. The number of nitrogens with zero attached hydrogens (tertiary/aromatic N) is 1. The molecule has 0 bridgehead atoms. The third-order valence-electron chi connectivity index (χ3n) is 3.34. The molecular formula is C16H21N3S2. The molecular weight excluding hydrogens is 298 g/mol. The van der Waals surface area contributed by atoms with E-state index in [0.29, 0.717) is 11.2 Å². The third kappa shape index (κ3) is 4.52. The van der Waals surface area contributed by atoms with Gasteiger partial charge >= 0.3 is 0 Å². The molecule has 3 nitrogen and oxygen atoms in total. The summed E-state index contributed by atoms with van der Waals surface area (Å²) in [5.74, 6) is 0. The molecule has 0 aliphatic heterocycles. The topological polar surface area (TPSA) is 27.3 Å². The van der Waals surface area contributed by atoms with E-state index in [1.54, 1.807) is 11.3 Å². The first-order valence-electron chi connectivity index (χ1n) is 6.88. The van der Waals surface area contributed by atoms with Gasteiger partial charge in [0.25, 0.3) is 0 Å². The van der Waals surface area contributed by atoms with E-state index < -0.39 is 0 Å². The molecule has 2 N–H and O–H groups in total. The Morgan fingerprint density at radius 1 is 1.24 bits per heavy atom. The first-order chi connectivity index (χ1) is 10.1. The molecule has 1 aromatic carbocycles. The lowest BCUT2D eigenvalue weighted by molar-refractivity contribution is 0.303. The molecule has 21 heavy (non-hydrogen) atoms. The average Bonchev–Trinajstić information content (AvgIpc) is 2.95. The van der Waals surface area contributed by atoms with Crippen LogP contribution < -0.4 is 10.6 Å². The Labute approximate surface area is 136 Å². The molecule has 1 atom stereocenters. The summed E-state index contributed by atoms with van der Waals surface area (Å²) in [6.07, 6.45) is 0. The van der Waals surface area contributed by atoms with E-state index in [4.69, 9.17) is 12.2 Å². The fraction of sp³-hybridized carbons (Fsp3) is 0.312. The number of hydrogen-bond donors (Lipinski definition) is 2. The van der Waals surface area contributed by atoms with E-state index >= 15 is 0 Å². The van der Waals surface area contributed by atoms with E-state index in [0.717, 1.165) is 12.2 Å². The molecule has 0 aliphatic carbocycles. The molecule has 1 heterocycles. The second kappa shape index (κ2) is 7.54. The summed E-state index contributed by atoms with van der Waals surface area (Å²) in [6, 6.07) is 12.7. The van der Waals surface area contributed by atoms with Crippen LogP contribution in [0.15, 0.2) is 41.8 Å². The minimum Gasteiger partial charge on any atom is -0.360 e. The highest BCUT2D eigenvalue weighted by Gasteiger charge is 2.15. The largest absolute Gasteiger partial charge is 0.360 e. The van der Waals surface area contributed by atoms with Gasteiger partial charge in [0.15, 0.2) is 5.11 Å². The Balaban J connectivity index is 1.92. The normalized spacial score (nSPS) is 12.2. The second-order valence-corrected chi connectivity index (χ2v) is 6.53. The first kappa shape index (κ1) is 15.9. The van der Waals surface area contributed by atoms with Crippen molar-refractivity contribution < 1.29 is 0 Å². The van der Waals surface area contributed by atoms with Crippen LogP contribution in [0.1, 0.15) is 16.5 Å². The van der Waals surface area contributed by atoms with E-state index in [9.17, 15) is 0 Å². The van der Waals surface area contributed by atoms with Gasteiger partial charge in [0, 0.05) is 17.1 Å². The quantitative estimate of drug-likeness (QED) is 0.823. The predicted octanol–water partition coefficient (Wildman–Crippen LogP) is 3.65. The lowest BCUT2D eigenvalue weighted by Crippen LogP contribution is -2.36. The van der Waals surface area contributed by atoms with Gasteiger partial charge in [0.1, 0.15) is 0 Å². The van der Waals surface area contributed by atoms with E-state index in [2.05, 4.69) is 60.1 Å². The maximum absolute atomic E-state index is 5.39. The maximum Gasteiger partial charge on any atom is 0.170 e. The maximum atomic E-state index is 5.39. The number of anilines is 1. The number of nitrogens with one attached hydrogen (secondary N) is 2. The van der Waals surface area contributed by atoms with Crippen molar-refractivity contribution in [2.45, 2.75) is 13.0 Å². The minimum absolute atomic E-state index is 0.321. The van der Waals surface area contributed by atoms with Crippen molar-refractivity contribution in [3.63, 3.8) is 0 Å². The zero-order valence-electron chi connectivity index (χ0n) is 12.6. The fourth-order valence-corrected chi connectivity index (χ4v) is 3.20. The standard InChI is InChI=1S/C16H21N3S2/c1-12-7-4-5-8-13(12)18-16(20)17-11-14(19(2)3)15-9-6-10-21-15/h4-10,14H,11H2,1-3H3,(H2,17,18,20)/t14-/m1/s1. The monoisotopic (exact) mass is 319 g/mol. The van der Waals surface area contributed by atoms with Crippen LogP contribution in [-0.4, -0.2) is 30.7 Å². The fourth-order valence-electron chi connectivity index (χ4n) is 2.09. The van der Waals surface area contributed by atoms with Crippen LogP contribution in [-0.2, 0) is 0 Å². The Hall–Kier alpha value is -1.43. The Bertz CT molecular complexity index is 579. The van der Waals surface area contributed by atoms with Gasteiger partial charge in [0.2, 0.25) is 0 Å². The van der Waals surface area contributed by atoms with Crippen LogP contribution in [0.25, 0.3) is 0 Å². The minimum atomic E-state index is 0.321. The van der Waals surface area contributed by atoms with Crippen molar-refractivity contribution in [3.05, 3.63) is 52.2 Å². The van der Waals surface area contributed by atoms with Crippen LogP contribution in [0.5, 0.6) is 0 Å². The molecule has 0 aliphatic rings. The van der Waals surface area contributed by atoms with Gasteiger partial charge in [0.05, 0.1) is 6.04 Å². The van der Waals surface area contributed by atoms with Gasteiger partial charge in [-0.3, -0.25) is 0 Å². The van der Waals surface area contributed by atoms with Gasteiger partial charge < -0.3 is 15.5 Å². The van der Waals surface area contributed by atoms with E-state index in [1.807, 2.05) is 18.2 Å². The summed E-state index contributed by atoms with van der Waals surface area (Å²) in [6.45, 7) is 2.85. The number of para-hydroxylation sites is 1. The van der Waals surface area contributed by atoms with Gasteiger partial charge in [-0.25, -0.2) is 0 Å². The highest BCUT2D eigenvalue weighted by Crippen LogP contribution is 2.22. The average molecular weight is 319 g/mol. The Kier molecular flexibility index (Phi) is 5.73. The number of thiophene rings is 1. The van der Waals surface area contributed by atoms with Crippen LogP contribution in [0.4, 0.5) is 5.69 Å². The number of thiocarbonyl (C=S) groups is 1. The smallest absolute Gasteiger partial charge is 0.170 e. The number of aryl methyl sites for hydroxylation is 1. The molecule has 0 radical (unpaired) electrons. The molecule has 0 fully saturated rings. The zero-order chi connectivity index (χ0) is 15.2. The summed E-state index contributed by atoms with van der Waals surface area (Å²) in [5, 5.41) is 9.34. The molecule has 2 rings (SSSR count). The molecule has 2 aromatic rings. The van der Waals surface area contributed by atoms with Crippen LogP contribution >= 0.6 is 23.6 Å². The molecule has 5 heteroatoms. The van der Waals surface area contributed by atoms with Crippen molar-refractivity contribution in [2.75, 3.05) is 26.0 Å². The first-order valence-corrected chi connectivity index (χ1v) is 8.17. The Morgan fingerprint density at radius 2 is 2.00 bits per heavy atom. The van der Waals surface area contributed by atoms with Crippen molar-refractivity contribution in [1.29, 1.82) is 0 Å². The van der Waals surface area contributed by atoms with E-state index in [-0.39, 0.29) is 0 Å². The van der Waals surface area contributed by atoms with Gasteiger partial charge in [-0.1, -0.05) is 24.3 Å². The van der Waals surface area contributed by atoms with Crippen molar-refractivity contribution in [3.8, 4) is 0 Å². The highest BCUT2D eigenvalue weighted by atomic mass is 32.1. The van der Waals surface area contributed by atoms with Crippen molar-refractivity contribution >= 4 is 34.4 Å². The summed E-state index contributed by atoms with van der Waals surface area (Å²) < 4.78 is 0. The molecule has 0 amide bonds. The molecule has 112 valence electrons. The van der Waals surface area contributed by atoms with Gasteiger partial charge in [-0.05, 0) is 56.3 Å². The van der Waals surface area contributed by atoms with Gasteiger partial charge in [-0.2, -0.15) is 0 Å². The lowest BCUT2D eigenvalue weighted by Gasteiger charge is -2.24. The molecule has 0 spiro atoms. The predicted molar refractivity (Wildman–Crippen MR) is 96.1 cm³/mol. The number of rotatable bonds is 5. The number of hydrogen-bond acceptors (Lipinski definition) is 3. The number of benzene rings is 1. The third-order valence-corrected chi connectivity index (χ3v) is 4.56. The SMILES string of the molecule is Cc1ccccc1NC(=S)NC[C@H](c1cccs1)N(C)C. The van der Waals surface area contributed by atoms with Crippen molar-refractivity contribution in [1.82, 2.24) is 10.2 Å². The van der Waals surface area contributed by atoms with E-state index in [1.165, 1.54) is 10.4 Å². The van der Waals surface area contributed by atoms with Crippen molar-refractivity contribution in [2.24, 2.45) is 0 Å². The Morgan fingerprint density at radius 3 is 2.62 bits per heavy atom. The molecule has 0 unspecified atom stereocenters. The van der Waals surface area contributed by atoms with Crippen LogP contribution in [0.2, 0.25) is 0 Å². The van der Waals surface area contributed by atoms with Crippen LogP contribution in [0, 0.1) is 6.92 Å². The van der Waals surface area contributed by atoms with Gasteiger partial charge in [-0.15, -0.1) is 11.3 Å². The zero-order valence-corrected chi connectivity index (χ0v) is 14.2.